The summed E-state index contributed by atoms with van der Waals surface area (Å²) in [5.41, 5.74) is 1.43. The number of pyridine rings is 1. The van der Waals surface area contributed by atoms with E-state index < -0.39 is 0 Å². The molecule has 1 aliphatic carbocycles. The molecule has 0 radical (unpaired) electrons. The third kappa shape index (κ3) is 2.72. The van der Waals surface area contributed by atoms with Crippen molar-refractivity contribution in [3.05, 3.63) is 24.0 Å². The Morgan fingerprint density at radius 3 is 3.06 bits per heavy atom. The Balaban J connectivity index is 1.90. The molecule has 86 valence electrons. The van der Waals surface area contributed by atoms with Crippen LogP contribution in [0.2, 0.25) is 0 Å². The van der Waals surface area contributed by atoms with Gasteiger partial charge in [-0.05, 0) is 18.4 Å². The lowest BCUT2D eigenvalue weighted by atomic mass is 10.2. The molecule has 2 N–H and O–H groups in total. The lowest BCUT2D eigenvalue weighted by molar-refractivity contribution is 0.0953. The molecule has 4 heteroatoms. The number of nitrogens with zero attached hydrogens (tertiary/aromatic N) is 1. The molecule has 0 aliphatic heterocycles. The number of hydrogen-bond donors (Lipinski definition) is 2. The van der Waals surface area contributed by atoms with E-state index in [-0.39, 0.29) is 5.91 Å². The van der Waals surface area contributed by atoms with E-state index in [9.17, 15) is 4.79 Å². The van der Waals surface area contributed by atoms with Crippen molar-refractivity contribution in [1.82, 2.24) is 10.3 Å². The fourth-order valence-electron chi connectivity index (χ4n) is 1.68. The Morgan fingerprint density at radius 2 is 2.38 bits per heavy atom. The van der Waals surface area contributed by atoms with Gasteiger partial charge in [0, 0.05) is 19.8 Å². The second-order valence-electron chi connectivity index (χ2n) is 4.16. The SMILES string of the molecule is CNc1cnccc1C(=O)NCCC1CC1. The Kier molecular flexibility index (Phi) is 3.39. The highest BCUT2D eigenvalue weighted by molar-refractivity contribution is 5.99. The van der Waals surface area contributed by atoms with E-state index in [1.807, 2.05) is 0 Å². The number of hydrogen-bond acceptors (Lipinski definition) is 3. The van der Waals surface area contributed by atoms with E-state index in [0.717, 1.165) is 24.6 Å². The molecule has 0 bridgehead atoms. The summed E-state index contributed by atoms with van der Waals surface area (Å²) in [6.45, 7) is 0.773. The highest BCUT2D eigenvalue weighted by Crippen LogP contribution is 2.31. The monoisotopic (exact) mass is 219 g/mol. The van der Waals surface area contributed by atoms with Gasteiger partial charge in [0.25, 0.3) is 5.91 Å². The first-order valence-corrected chi connectivity index (χ1v) is 5.71. The number of nitrogens with one attached hydrogen (secondary N) is 2. The van der Waals surface area contributed by atoms with Gasteiger partial charge in [0.1, 0.15) is 0 Å². The van der Waals surface area contributed by atoms with Crippen molar-refractivity contribution in [2.45, 2.75) is 19.3 Å². The van der Waals surface area contributed by atoms with Crippen LogP contribution >= 0.6 is 0 Å². The maximum absolute atomic E-state index is 11.8. The summed E-state index contributed by atoms with van der Waals surface area (Å²) in [5.74, 6) is 0.828. The van der Waals surface area contributed by atoms with Crippen molar-refractivity contribution in [3.8, 4) is 0 Å². The van der Waals surface area contributed by atoms with Gasteiger partial charge in [-0.3, -0.25) is 9.78 Å². The van der Waals surface area contributed by atoms with Crippen LogP contribution in [-0.4, -0.2) is 24.5 Å². The van der Waals surface area contributed by atoms with Crippen molar-refractivity contribution >= 4 is 11.6 Å². The molecular formula is C12H17N3O. The van der Waals surface area contributed by atoms with Crippen LogP contribution in [0.3, 0.4) is 0 Å². The Bertz CT molecular complexity index is 374. The molecule has 0 saturated heterocycles. The highest BCUT2D eigenvalue weighted by Gasteiger charge is 2.20. The number of carbonyl (C=O) groups excluding carboxylic acids is 1. The molecule has 1 fully saturated rings. The van der Waals surface area contributed by atoms with Gasteiger partial charge < -0.3 is 10.6 Å². The highest BCUT2D eigenvalue weighted by atomic mass is 16.1. The predicted molar refractivity (Wildman–Crippen MR) is 63.5 cm³/mol. The molecule has 4 nitrogen and oxygen atoms in total. The van der Waals surface area contributed by atoms with Crippen molar-refractivity contribution in [2.24, 2.45) is 5.92 Å². The molecule has 0 aromatic carbocycles. The lowest BCUT2D eigenvalue weighted by Gasteiger charge is -2.08. The van der Waals surface area contributed by atoms with E-state index in [1.54, 1.807) is 25.5 Å². The summed E-state index contributed by atoms with van der Waals surface area (Å²) in [6, 6.07) is 1.73. The Morgan fingerprint density at radius 1 is 1.56 bits per heavy atom. The number of amides is 1. The first-order valence-electron chi connectivity index (χ1n) is 5.71. The Labute approximate surface area is 95.5 Å². The molecule has 2 rings (SSSR count). The molecular weight excluding hydrogens is 202 g/mol. The minimum Gasteiger partial charge on any atom is -0.386 e. The van der Waals surface area contributed by atoms with Crippen LogP contribution in [0.1, 0.15) is 29.6 Å². The lowest BCUT2D eigenvalue weighted by Crippen LogP contribution is -2.25. The van der Waals surface area contributed by atoms with Gasteiger partial charge in [-0.15, -0.1) is 0 Å². The predicted octanol–water partition coefficient (Wildman–Crippen LogP) is 1.65. The zero-order valence-corrected chi connectivity index (χ0v) is 9.49. The van der Waals surface area contributed by atoms with Gasteiger partial charge in [0.05, 0.1) is 17.4 Å². The van der Waals surface area contributed by atoms with Gasteiger partial charge in [-0.25, -0.2) is 0 Å². The smallest absolute Gasteiger partial charge is 0.253 e. The second kappa shape index (κ2) is 4.96. The van der Waals surface area contributed by atoms with Crippen LogP contribution in [0.15, 0.2) is 18.5 Å². The van der Waals surface area contributed by atoms with Crippen molar-refractivity contribution in [3.63, 3.8) is 0 Å². The summed E-state index contributed by atoms with van der Waals surface area (Å²) >= 11 is 0. The van der Waals surface area contributed by atoms with E-state index in [2.05, 4.69) is 15.6 Å². The van der Waals surface area contributed by atoms with Gasteiger partial charge >= 0.3 is 0 Å². The van der Waals surface area contributed by atoms with E-state index in [4.69, 9.17) is 0 Å². The van der Waals surface area contributed by atoms with Crippen molar-refractivity contribution in [2.75, 3.05) is 18.9 Å². The van der Waals surface area contributed by atoms with Gasteiger partial charge in [-0.1, -0.05) is 12.8 Å². The Hall–Kier alpha value is -1.58. The van der Waals surface area contributed by atoms with Crippen molar-refractivity contribution < 1.29 is 4.79 Å². The first-order chi connectivity index (χ1) is 7.81. The van der Waals surface area contributed by atoms with Gasteiger partial charge in [0.15, 0.2) is 0 Å². The maximum atomic E-state index is 11.8. The quantitative estimate of drug-likeness (QED) is 0.791. The zero-order valence-electron chi connectivity index (χ0n) is 9.49. The molecule has 1 aliphatic rings. The van der Waals surface area contributed by atoms with Crippen LogP contribution in [0.5, 0.6) is 0 Å². The average molecular weight is 219 g/mol. The third-order valence-corrected chi connectivity index (χ3v) is 2.87. The molecule has 1 saturated carbocycles. The molecule has 0 unspecified atom stereocenters. The summed E-state index contributed by atoms with van der Waals surface area (Å²) < 4.78 is 0. The number of carbonyl (C=O) groups is 1. The zero-order chi connectivity index (χ0) is 11.4. The summed E-state index contributed by atoms with van der Waals surface area (Å²) in [4.78, 5) is 15.8. The molecule has 1 heterocycles. The summed E-state index contributed by atoms with van der Waals surface area (Å²) in [5, 5.41) is 5.90. The maximum Gasteiger partial charge on any atom is 0.253 e. The fourth-order valence-corrected chi connectivity index (χ4v) is 1.68. The van der Waals surface area contributed by atoms with Crippen molar-refractivity contribution in [1.29, 1.82) is 0 Å². The van der Waals surface area contributed by atoms with Crippen LogP contribution in [0, 0.1) is 5.92 Å². The van der Waals surface area contributed by atoms with E-state index in [1.165, 1.54) is 12.8 Å². The van der Waals surface area contributed by atoms with Gasteiger partial charge in [-0.2, -0.15) is 0 Å². The van der Waals surface area contributed by atoms with Crippen LogP contribution < -0.4 is 10.6 Å². The molecule has 0 spiro atoms. The number of rotatable bonds is 5. The normalized spacial score (nSPS) is 14.6. The third-order valence-electron chi connectivity index (χ3n) is 2.87. The standard InChI is InChI=1S/C12H17N3O/c1-13-11-8-14-6-5-10(11)12(16)15-7-4-9-2-3-9/h5-6,8-9,13H,2-4,7H2,1H3,(H,15,16). The minimum absolute atomic E-state index is 0.0209. The van der Waals surface area contributed by atoms with Crippen LogP contribution in [-0.2, 0) is 0 Å². The largest absolute Gasteiger partial charge is 0.386 e. The molecule has 1 aromatic rings. The number of anilines is 1. The first kappa shape index (κ1) is 10.9. The molecule has 0 atom stereocenters. The molecule has 1 aromatic heterocycles. The summed E-state index contributed by atoms with van der Waals surface area (Å²) in [6.07, 6.45) is 7.05. The minimum atomic E-state index is -0.0209. The van der Waals surface area contributed by atoms with Gasteiger partial charge in [0.2, 0.25) is 0 Å². The molecule has 1 amide bonds. The van der Waals surface area contributed by atoms with Crippen LogP contribution in [0.4, 0.5) is 5.69 Å². The average Bonchev–Trinajstić information content (AvgIpc) is 3.13. The van der Waals surface area contributed by atoms with E-state index >= 15 is 0 Å². The van der Waals surface area contributed by atoms with E-state index in [0.29, 0.717) is 5.56 Å². The number of aromatic nitrogens is 1. The topological polar surface area (TPSA) is 54.0 Å². The second-order valence-corrected chi connectivity index (χ2v) is 4.16. The molecule has 16 heavy (non-hydrogen) atoms. The summed E-state index contributed by atoms with van der Waals surface area (Å²) in [7, 11) is 1.79. The fraction of sp³-hybridized carbons (Fsp3) is 0.500. The van der Waals surface area contributed by atoms with Crippen LogP contribution in [0.25, 0.3) is 0 Å².